The van der Waals surface area contributed by atoms with Crippen LogP contribution in [-0.4, -0.2) is 24.5 Å². The van der Waals surface area contributed by atoms with Gasteiger partial charge in [-0.3, -0.25) is 9.59 Å². The number of hydrogen-bond donors (Lipinski definition) is 1. The van der Waals surface area contributed by atoms with Crippen LogP contribution in [0.2, 0.25) is 0 Å². The molecule has 2 aromatic carbocycles. The molecule has 2 amide bonds. The molecular weight excluding hydrogens is 340 g/mol. The molecule has 0 saturated heterocycles. The summed E-state index contributed by atoms with van der Waals surface area (Å²) in [6.45, 7) is 2.40. The summed E-state index contributed by atoms with van der Waals surface area (Å²) < 4.78 is 5.75. The molecule has 5 nitrogen and oxygen atoms in total. The average Bonchev–Trinajstić information content (AvgIpc) is 3.51. The molecule has 0 bridgehead atoms. The zero-order valence-corrected chi connectivity index (χ0v) is 15.5. The summed E-state index contributed by atoms with van der Waals surface area (Å²) in [4.78, 5) is 26.5. The van der Waals surface area contributed by atoms with E-state index in [0.29, 0.717) is 18.0 Å². The van der Waals surface area contributed by atoms with Crippen LogP contribution >= 0.6 is 0 Å². The molecule has 0 radical (unpaired) electrons. The van der Waals surface area contributed by atoms with E-state index in [9.17, 15) is 9.59 Å². The zero-order chi connectivity index (χ0) is 18.8. The Hall–Kier alpha value is -2.82. The topological polar surface area (TPSA) is 58.6 Å². The van der Waals surface area contributed by atoms with Gasteiger partial charge in [-0.2, -0.15) is 0 Å². The first-order valence-electron chi connectivity index (χ1n) is 9.58. The normalized spacial score (nSPS) is 18.6. The third-order valence-corrected chi connectivity index (χ3v) is 5.07. The second-order valence-electron chi connectivity index (χ2n) is 7.29. The van der Waals surface area contributed by atoms with E-state index in [2.05, 4.69) is 17.4 Å². The lowest BCUT2D eigenvalue weighted by molar-refractivity contribution is -0.125. The van der Waals surface area contributed by atoms with Crippen molar-refractivity contribution in [2.45, 2.75) is 38.7 Å². The number of hydrogen-bond acceptors (Lipinski definition) is 3. The third kappa shape index (κ3) is 3.97. The maximum absolute atomic E-state index is 12.7. The number of ether oxygens (including phenoxy) is 1. The van der Waals surface area contributed by atoms with Gasteiger partial charge in [-0.1, -0.05) is 30.3 Å². The Balaban J connectivity index is 1.50. The van der Waals surface area contributed by atoms with Crippen molar-refractivity contribution >= 4 is 23.2 Å². The summed E-state index contributed by atoms with van der Waals surface area (Å²) in [5, 5.41) is 2.95. The molecule has 1 fully saturated rings. The minimum atomic E-state index is -0.499. The average molecular weight is 364 g/mol. The molecule has 1 aliphatic heterocycles. The van der Waals surface area contributed by atoms with Gasteiger partial charge in [0.25, 0.3) is 5.91 Å². The number of benzene rings is 2. The number of carbonyl (C=O) groups excluding carboxylic acids is 2. The molecule has 1 saturated carbocycles. The quantitative estimate of drug-likeness (QED) is 0.849. The highest BCUT2D eigenvalue weighted by atomic mass is 16.5. The van der Waals surface area contributed by atoms with Crippen LogP contribution in [0.5, 0.6) is 5.75 Å². The molecule has 0 spiro atoms. The van der Waals surface area contributed by atoms with Crippen molar-refractivity contribution in [3.63, 3.8) is 0 Å². The van der Waals surface area contributed by atoms with E-state index in [4.69, 9.17) is 4.74 Å². The van der Waals surface area contributed by atoms with E-state index in [0.717, 1.165) is 31.4 Å². The molecular formula is C22H24N2O3. The molecule has 0 aromatic heterocycles. The fourth-order valence-electron chi connectivity index (χ4n) is 3.39. The van der Waals surface area contributed by atoms with Crippen molar-refractivity contribution in [3.05, 3.63) is 54.1 Å². The van der Waals surface area contributed by atoms with Crippen molar-refractivity contribution in [1.29, 1.82) is 0 Å². The maximum Gasteiger partial charge on any atom is 0.267 e. The first kappa shape index (κ1) is 17.6. The molecule has 4 rings (SSSR count). The molecule has 1 atom stereocenters. The van der Waals surface area contributed by atoms with Gasteiger partial charge >= 0.3 is 0 Å². The SMILES string of the molecule is CC1Oc2ccc(NC(=O)C3CC3)cc2N(CCCc2ccccc2)C1=O. The maximum atomic E-state index is 12.7. The molecule has 1 heterocycles. The molecule has 1 unspecified atom stereocenters. The van der Waals surface area contributed by atoms with Gasteiger partial charge in [0.1, 0.15) is 5.75 Å². The molecule has 5 heteroatoms. The van der Waals surface area contributed by atoms with Gasteiger partial charge in [-0.25, -0.2) is 0 Å². The number of aryl methyl sites for hydroxylation is 1. The van der Waals surface area contributed by atoms with E-state index >= 15 is 0 Å². The largest absolute Gasteiger partial charge is 0.479 e. The van der Waals surface area contributed by atoms with Crippen LogP contribution in [0.3, 0.4) is 0 Å². The Labute approximate surface area is 159 Å². The highest BCUT2D eigenvalue weighted by molar-refractivity contribution is 6.01. The summed E-state index contributed by atoms with van der Waals surface area (Å²) in [7, 11) is 0. The summed E-state index contributed by atoms with van der Waals surface area (Å²) in [6, 6.07) is 15.8. The number of nitrogens with zero attached hydrogens (tertiary/aromatic N) is 1. The summed E-state index contributed by atoms with van der Waals surface area (Å²) in [5.41, 5.74) is 2.71. The first-order chi connectivity index (χ1) is 13.1. The van der Waals surface area contributed by atoms with E-state index in [1.165, 1.54) is 5.56 Å². The zero-order valence-electron chi connectivity index (χ0n) is 15.5. The predicted molar refractivity (Wildman–Crippen MR) is 105 cm³/mol. The second kappa shape index (κ2) is 7.43. The Morgan fingerprint density at radius 2 is 1.96 bits per heavy atom. The lowest BCUT2D eigenvalue weighted by Crippen LogP contribution is -2.45. The van der Waals surface area contributed by atoms with E-state index in [1.54, 1.807) is 11.8 Å². The summed E-state index contributed by atoms with van der Waals surface area (Å²) >= 11 is 0. The van der Waals surface area contributed by atoms with Gasteiger partial charge in [0.05, 0.1) is 5.69 Å². The van der Waals surface area contributed by atoms with E-state index in [1.807, 2.05) is 36.4 Å². The van der Waals surface area contributed by atoms with Crippen LogP contribution in [0.25, 0.3) is 0 Å². The lowest BCUT2D eigenvalue weighted by atomic mass is 10.1. The van der Waals surface area contributed by atoms with Crippen molar-refractivity contribution in [1.82, 2.24) is 0 Å². The smallest absolute Gasteiger partial charge is 0.267 e. The number of nitrogens with one attached hydrogen (secondary N) is 1. The van der Waals surface area contributed by atoms with Gasteiger partial charge in [-0.15, -0.1) is 0 Å². The van der Waals surface area contributed by atoms with Crippen LogP contribution in [0.15, 0.2) is 48.5 Å². The third-order valence-electron chi connectivity index (χ3n) is 5.07. The van der Waals surface area contributed by atoms with Crippen LogP contribution in [0, 0.1) is 5.92 Å². The van der Waals surface area contributed by atoms with Gasteiger partial charge in [0, 0.05) is 18.2 Å². The van der Waals surface area contributed by atoms with Gasteiger partial charge in [0.15, 0.2) is 6.10 Å². The van der Waals surface area contributed by atoms with Gasteiger partial charge in [0.2, 0.25) is 5.91 Å². The molecule has 1 aliphatic carbocycles. The van der Waals surface area contributed by atoms with Crippen LogP contribution in [-0.2, 0) is 16.0 Å². The minimum Gasteiger partial charge on any atom is -0.479 e. The Kier molecular flexibility index (Phi) is 4.84. The molecule has 2 aromatic rings. The Morgan fingerprint density at radius 1 is 1.19 bits per heavy atom. The molecule has 140 valence electrons. The molecule has 2 aliphatic rings. The monoisotopic (exact) mass is 364 g/mol. The summed E-state index contributed by atoms with van der Waals surface area (Å²) in [5.74, 6) is 0.843. The van der Waals surface area contributed by atoms with Gasteiger partial charge < -0.3 is 15.0 Å². The van der Waals surface area contributed by atoms with Crippen LogP contribution in [0.4, 0.5) is 11.4 Å². The number of fused-ring (bicyclic) bond motifs is 1. The molecule has 27 heavy (non-hydrogen) atoms. The minimum absolute atomic E-state index is 0.0405. The Bertz CT molecular complexity index is 846. The fourth-order valence-corrected chi connectivity index (χ4v) is 3.39. The second-order valence-corrected chi connectivity index (χ2v) is 7.29. The highest BCUT2D eigenvalue weighted by Crippen LogP contribution is 2.37. The molecule has 1 N–H and O–H groups in total. The standard InChI is InChI=1S/C22H24N2O3/c1-15-22(26)24(13-5-8-16-6-3-2-4-7-16)19-14-18(11-12-20(19)27-15)23-21(25)17-9-10-17/h2-4,6-7,11-12,14-15,17H,5,8-10,13H2,1H3,(H,23,25). The van der Waals surface area contributed by atoms with Crippen molar-refractivity contribution < 1.29 is 14.3 Å². The van der Waals surface area contributed by atoms with E-state index in [-0.39, 0.29) is 17.7 Å². The van der Waals surface area contributed by atoms with Crippen LogP contribution in [0.1, 0.15) is 31.7 Å². The fraction of sp³-hybridized carbons (Fsp3) is 0.364. The Morgan fingerprint density at radius 3 is 2.70 bits per heavy atom. The van der Waals surface area contributed by atoms with Crippen molar-refractivity contribution in [2.75, 3.05) is 16.8 Å². The summed E-state index contributed by atoms with van der Waals surface area (Å²) in [6.07, 6.45) is 3.19. The number of anilines is 2. The lowest BCUT2D eigenvalue weighted by Gasteiger charge is -2.33. The van der Waals surface area contributed by atoms with Crippen molar-refractivity contribution in [3.8, 4) is 5.75 Å². The van der Waals surface area contributed by atoms with Crippen LogP contribution < -0.4 is 15.0 Å². The highest BCUT2D eigenvalue weighted by Gasteiger charge is 2.32. The van der Waals surface area contributed by atoms with Crippen molar-refractivity contribution in [2.24, 2.45) is 5.92 Å². The predicted octanol–water partition coefficient (Wildman–Crippen LogP) is 3.78. The number of rotatable bonds is 6. The number of carbonyl (C=O) groups is 2. The van der Waals surface area contributed by atoms with E-state index < -0.39 is 6.10 Å². The number of amides is 2. The first-order valence-corrected chi connectivity index (χ1v) is 9.58. The van der Waals surface area contributed by atoms with Gasteiger partial charge in [-0.05, 0) is 56.4 Å².